The van der Waals surface area contributed by atoms with E-state index in [0.717, 1.165) is 19.3 Å². The van der Waals surface area contributed by atoms with Crippen molar-refractivity contribution in [2.75, 3.05) is 12.8 Å². The number of ether oxygens (including phenoxy) is 2. The third-order valence-corrected chi connectivity index (χ3v) is 5.11. The van der Waals surface area contributed by atoms with Crippen LogP contribution in [0.15, 0.2) is 48.5 Å². The van der Waals surface area contributed by atoms with Gasteiger partial charge in [-0.05, 0) is 54.9 Å². The van der Waals surface area contributed by atoms with Gasteiger partial charge in [0.1, 0.15) is 17.4 Å². The number of hydrogen-bond acceptors (Lipinski definition) is 6. The maximum atomic E-state index is 12.1. The maximum Gasteiger partial charge on any atom is 0.342 e. The van der Waals surface area contributed by atoms with Crippen LogP contribution in [0.25, 0.3) is 0 Å². The van der Waals surface area contributed by atoms with Gasteiger partial charge in [-0.25, -0.2) is 9.59 Å². The van der Waals surface area contributed by atoms with Crippen molar-refractivity contribution in [3.8, 4) is 5.75 Å². The molecule has 0 aliphatic heterocycles. The molecule has 0 aromatic heterocycles. The van der Waals surface area contributed by atoms with Crippen LogP contribution in [0.3, 0.4) is 0 Å². The summed E-state index contributed by atoms with van der Waals surface area (Å²) < 4.78 is 10.1. The van der Waals surface area contributed by atoms with Crippen LogP contribution >= 0.6 is 0 Å². The Hall–Kier alpha value is -3.02. The largest absolute Gasteiger partial charge is 0.507 e. The van der Waals surface area contributed by atoms with E-state index < -0.39 is 11.9 Å². The minimum Gasteiger partial charge on any atom is -0.507 e. The number of carbonyl (C=O) groups is 2. The van der Waals surface area contributed by atoms with Gasteiger partial charge in [0.25, 0.3) is 0 Å². The molecule has 6 nitrogen and oxygen atoms in total. The molecule has 1 aliphatic rings. The van der Waals surface area contributed by atoms with Gasteiger partial charge in [0.05, 0.1) is 12.7 Å². The normalized spacial score (nSPS) is 19.7. The van der Waals surface area contributed by atoms with E-state index in [0.29, 0.717) is 17.2 Å². The fraction of sp³-hybridized carbons (Fsp3) is 0.417. The van der Waals surface area contributed by atoms with Crippen molar-refractivity contribution in [1.82, 2.24) is 0 Å². The monoisotopic (exact) mass is 413 g/mol. The molecule has 1 saturated carbocycles. The summed E-state index contributed by atoms with van der Waals surface area (Å²) in [5.41, 5.74) is 6.81. The van der Waals surface area contributed by atoms with Crippen LogP contribution < -0.4 is 5.73 Å². The van der Waals surface area contributed by atoms with Gasteiger partial charge in [-0.2, -0.15) is 0 Å². The van der Waals surface area contributed by atoms with Crippen LogP contribution in [0.1, 0.15) is 60.7 Å². The molecule has 1 fully saturated rings. The van der Waals surface area contributed by atoms with Crippen LogP contribution in [0.2, 0.25) is 0 Å². The highest BCUT2D eigenvalue weighted by Crippen LogP contribution is 2.40. The molecule has 0 radical (unpaired) electrons. The number of phenols is 1. The van der Waals surface area contributed by atoms with Crippen LogP contribution in [0.5, 0.6) is 5.75 Å². The average Bonchev–Trinajstić information content (AvgIpc) is 2.67. The van der Waals surface area contributed by atoms with Gasteiger partial charge in [0.2, 0.25) is 0 Å². The highest BCUT2D eigenvalue weighted by atomic mass is 16.5. The SMILES string of the molecule is CC1CC(OC(=O)c2ccccc2O)CC(C)(C)C1.COC(=O)c1ccccc1N. The molecule has 0 spiro atoms. The van der Waals surface area contributed by atoms with E-state index in [1.165, 1.54) is 13.2 Å². The Morgan fingerprint density at radius 2 is 1.60 bits per heavy atom. The van der Waals surface area contributed by atoms with E-state index in [2.05, 4.69) is 25.5 Å². The summed E-state index contributed by atoms with van der Waals surface area (Å²) in [4.78, 5) is 23.0. The zero-order chi connectivity index (χ0) is 22.3. The zero-order valence-electron chi connectivity index (χ0n) is 18.1. The van der Waals surface area contributed by atoms with Crippen molar-refractivity contribution in [1.29, 1.82) is 0 Å². The molecule has 2 aromatic carbocycles. The summed E-state index contributed by atoms with van der Waals surface area (Å²) in [6.07, 6.45) is 2.91. The van der Waals surface area contributed by atoms with Crippen LogP contribution in [-0.4, -0.2) is 30.3 Å². The van der Waals surface area contributed by atoms with Gasteiger partial charge >= 0.3 is 11.9 Å². The van der Waals surface area contributed by atoms with Gasteiger partial charge in [-0.1, -0.05) is 45.0 Å². The minimum atomic E-state index is -0.423. The third-order valence-electron chi connectivity index (χ3n) is 5.11. The quantitative estimate of drug-likeness (QED) is 0.553. The number of rotatable bonds is 3. The Morgan fingerprint density at radius 3 is 2.17 bits per heavy atom. The lowest BCUT2D eigenvalue weighted by Crippen LogP contribution is -2.34. The fourth-order valence-electron chi connectivity index (χ4n) is 4.00. The summed E-state index contributed by atoms with van der Waals surface area (Å²) in [6, 6.07) is 13.3. The topological polar surface area (TPSA) is 98.9 Å². The van der Waals surface area contributed by atoms with Crippen molar-refractivity contribution >= 4 is 17.6 Å². The molecule has 2 atom stereocenters. The first kappa shape index (κ1) is 23.3. The Labute approximate surface area is 178 Å². The molecule has 2 aromatic rings. The van der Waals surface area contributed by atoms with E-state index >= 15 is 0 Å². The zero-order valence-corrected chi connectivity index (χ0v) is 18.1. The summed E-state index contributed by atoms with van der Waals surface area (Å²) in [6.45, 7) is 6.62. The molecule has 0 heterocycles. The first-order chi connectivity index (χ1) is 14.1. The van der Waals surface area contributed by atoms with E-state index in [4.69, 9.17) is 10.5 Å². The molecule has 0 saturated heterocycles. The summed E-state index contributed by atoms with van der Waals surface area (Å²) in [5.74, 6) is -0.280. The fourth-order valence-corrected chi connectivity index (χ4v) is 4.00. The number of nitrogens with two attached hydrogens (primary N) is 1. The molecule has 6 heteroatoms. The number of para-hydroxylation sites is 2. The number of nitrogen functional groups attached to an aromatic ring is 1. The predicted octanol–water partition coefficient (Wildman–Crippen LogP) is 4.82. The number of phenolic OH excluding ortho intramolecular Hbond substituents is 1. The smallest absolute Gasteiger partial charge is 0.342 e. The van der Waals surface area contributed by atoms with Gasteiger partial charge in [0.15, 0.2) is 0 Å². The Bertz CT molecular complexity index is 877. The maximum absolute atomic E-state index is 12.1. The predicted molar refractivity (Wildman–Crippen MR) is 116 cm³/mol. The third kappa shape index (κ3) is 6.51. The lowest BCUT2D eigenvalue weighted by molar-refractivity contribution is -0.00735. The summed E-state index contributed by atoms with van der Waals surface area (Å²) in [5, 5.41) is 9.66. The second-order valence-electron chi connectivity index (χ2n) is 8.54. The van der Waals surface area contributed by atoms with E-state index in [-0.39, 0.29) is 22.8 Å². The number of anilines is 1. The van der Waals surface area contributed by atoms with Crippen LogP contribution in [0.4, 0.5) is 5.69 Å². The van der Waals surface area contributed by atoms with Crippen LogP contribution in [0, 0.1) is 11.3 Å². The minimum absolute atomic E-state index is 0.0179. The molecule has 30 heavy (non-hydrogen) atoms. The summed E-state index contributed by atoms with van der Waals surface area (Å²) >= 11 is 0. The molecule has 0 bridgehead atoms. The van der Waals surface area contributed by atoms with Gasteiger partial charge in [0, 0.05) is 5.69 Å². The number of methoxy groups -OCH3 is 1. The second-order valence-corrected chi connectivity index (χ2v) is 8.54. The molecular formula is C24H31NO5. The Kier molecular flexibility index (Phi) is 7.86. The highest BCUT2D eigenvalue weighted by Gasteiger charge is 2.34. The van der Waals surface area contributed by atoms with E-state index in [9.17, 15) is 14.7 Å². The van der Waals surface area contributed by atoms with Gasteiger partial charge in [-0.3, -0.25) is 0 Å². The number of hydrogen-bond donors (Lipinski definition) is 2. The molecule has 2 unspecified atom stereocenters. The van der Waals surface area contributed by atoms with Crippen molar-refractivity contribution in [2.45, 2.75) is 46.1 Å². The molecule has 162 valence electrons. The number of benzene rings is 2. The number of carbonyl (C=O) groups excluding carboxylic acids is 2. The lowest BCUT2D eigenvalue weighted by Gasteiger charge is -2.38. The van der Waals surface area contributed by atoms with Crippen molar-refractivity contribution < 1.29 is 24.2 Å². The van der Waals surface area contributed by atoms with E-state index in [1.54, 1.807) is 42.5 Å². The Balaban J connectivity index is 0.000000248. The molecule has 3 N–H and O–H groups in total. The Morgan fingerprint density at radius 1 is 1.00 bits per heavy atom. The highest BCUT2D eigenvalue weighted by molar-refractivity contribution is 5.94. The molecular weight excluding hydrogens is 382 g/mol. The van der Waals surface area contributed by atoms with Crippen molar-refractivity contribution in [2.24, 2.45) is 11.3 Å². The molecule has 1 aliphatic carbocycles. The summed E-state index contributed by atoms with van der Waals surface area (Å²) in [7, 11) is 1.33. The molecule has 3 rings (SSSR count). The second kappa shape index (κ2) is 10.1. The van der Waals surface area contributed by atoms with Crippen molar-refractivity contribution in [3.05, 3.63) is 59.7 Å². The van der Waals surface area contributed by atoms with E-state index in [1.807, 2.05) is 0 Å². The average molecular weight is 414 g/mol. The standard InChI is InChI=1S/C16H22O3.C8H9NO2/c1-11-8-12(10-16(2,3)9-11)19-15(18)13-6-4-5-7-14(13)17;1-11-8(10)6-4-2-3-5-7(6)9/h4-7,11-12,17H,8-10H2,1-3H3;2-5H,9H2,1H3. The number of esters is 2. The molecule has 0 amide bonds. The van der Waals surface area contributed by atoms with Crippen LogP contribution in [-0.2, 0) is 9.47 Å². The number of aromatic hydroxyl groups is 1. The van der Waals surface area contributed by atoms with Gasteiger partial charge < -0.3 is 20.3 Å². The van der Waals surface area contributed by atoms with Crippen molar-refractivity contribution in [3.63, 3.8) is 0 Å². The van der Waals surface area contributed by atoms with Gasteiger partial charge in [-0.15, -0.1) is 0 Å². The first-order valence-electron chi connectivity index (χ1n) is 10.0. The first-order valence-corrected chi connectivity index (χ1v) is 10.0. The lowest BCUT2D eigenvalue weighted by atomic mass is 9.71.